The highest BCUT2D eigenvalue weighted by atomic mass is 16.5. The molecular weight excluding hydrogens is 216 g/mol. The number of aromatic nitrogens is 3. The van der Waals surface area contributed by atoms with Crippen molar-refractivity contribution < 1.29 is 4.74 Å². The zero-order valence-electron chi connectivity index (χ0n) is 9.41. The van der Waals surface area contributed by atoms with Gasteiger partial charge in [0, 0.05) is 12.3 Å². The maximum absolute atomic E-state index is 5.48. The molecule has 2 aromatic rings. The summed E-state index contributed by atoms with van der Waals surface area (Å²) >= 11 is 0. The number of nitrogens with two attached hydrogens (primary N) is 1. The largest absolute Gasteiger partial charge is 0.436 e. The molecule has 0 radical (unpaired) electrons. The van der Waals surface area contributed by atoms with Crippen LogP contribution in [-0.4, -0.2) is 21.7 Å². The summed E-state index contributed by atoms with van der Waals surface area (Å²) in [5.74, 6) is 1.12. The highest BCUT2D eigenvalue weighted by molar-refractivity contribution is 5.22. The second-order valence-corrected chi connectivity index (χ2v) is 3.55. The molecule has 0 bridgehead atoms. The van der Waals surface area contributed by atoms with Crippen molar-refractivity contribution in [1.82, 2.24) is 15.2 Å². The Labute approximate surface area is 99.7 Å². The molecule has 0 aliphatic rings. The van der Waals surface area contributed by atoms with E-state index in [1.807, 2.05) is 12.1 Å². The zero-order chi connectivity index (χ0) is 11.9. The zero-order valence-corrected chi connectivity index (χ0v) is 9.41. The Bertz CT molecular complexity index is 444. The van der Waals surface area contributed by atoms with Gasteiger partial charge in [0.25, 0.3) is 0 Å². The van der Waals surface area contributed by atoms with Gasteiger partial charge in [-0.3, -0.25) is 4.98 Å². The smallest absolute Gasteiger partial charge is 0.238 e. The highest BCUT2D eigenvalue weighted by Gasteiger charge is 2.00. The van der Waals surface area contributed by atoms with Crippen LogP contribution in [0.4, 0.5) is 0 Å². The first-order valence-electron chi connectivity index (χ1n) is 5.49. The van der Waals surface area contributed by atoms with Crippen LogP contribution in [0.15, 0.2) is 36.7 Å². The van der Waals surface area contributed by atoms with Gasteiger partial charge >= 0.3 is 0 Å². The maximum atomic E-state index is 5.48. The van der Waals surface area contributed by atoms with E-state index < -0.39 is 0 Å². The van der Waals surface area contributed by atoms with E-state index in [-0.39, 0.29) is 0 Å². The van der Waals surface area contributed by atoms with Crippen LogP contribution in [0.1, 0.15) is 12.1 Å². The van der Waals surface area contributed by atoms with Crippen LogP contribution in [-0.2, 0) is 6.42 Å². The molecule has 0 saturated carbocycles. The quantitative estimate of drug-likeness (QED) is 0.843. The van der Waals surface area contributed by atoms with Crippen molar-refractivity contribution in [2.45, 2.75) is 12.8 Å². The lowest BCUT2D eigenvalue weighted by Crippen LogP contribution is -2.02. The summed E-state index contributed by atoms with van der Waals surface area (Å²) in [6, 6.07) is 7.32. The van der Waals surface area contributed by atoms with E-state index >= 15 is 0 Å². The molecule has 0 atom stereocenters. The Kier molecular flexibility index (Phi) is 3.99. The third-order valence-corrected chi connectivity index (χ3v) is 2.19. The van der Waals surface area contributed by atoms with Crippen LogP contribution in [0.2, 0.25) is 0 Å². The summed E-state index contributed by atoms with van der Waals surface area (Å²) in [6.45, 7) is 0.662. The molecule has 5 nitrogen and oxygen atoms in total. The molecule has 2 aromatic heterocycles. The van der Waals surface area contributed by atoms with E-state index in [4.69, 9.17) is 10.5 Å². The molecule has 0 aliphatic carbocycles. The number of hydrogen-bond acceptors (Lipinski definition) is 5. The van der Waals surface area contributed by atoms with Crippen molar-refractivity contribution in [3.63, 3.8) is 0 Å². The van der Waals surface area contributed by atoms with Crippen molar-refractivity contribution >= 4 is 0 Å². The molecule has 0 unspecified atom stereocenters. The van der Waals surface area contributed by atoms with E-state index in [9.17, 15) is 0 Å². The van der Waals surface area contributed by atoms with Gasteiger partial charge in [0.05, 0.1) is 11.9 Å². The molecule has 88 valence electrons. The second-order valence-electron chi connectivity index (χ2n) is 3.55. The average Bonchev–Trinajstić information content (AvgIpc) is 2.39. The SMILES string of the molecule is NCCCc1ccc(Oc2cccnc2)nn1. The molecular formula is C12H14N4O. The van der Waals surface area contributed by atoms with E-state index in [1.165, 1.54) is 0 Å². The summed E-state index contributed by atoms with van der Waals surface area (Å²) in [7, 11) is 0. The van der Waals surface area contributed by atoms with Crippen LogP contribution in [0.25, 0.3) is 0 Å². The normalized spacial score (nSPS) is 10.2. The first-order chi connectivity index (χ1) is 8.38. The Morgan fingerprint density at radius 1 is 1.18 bits per heavy atom. The molecule has 0 spiro atoms. The molecule has 0 aliphatic heterocycles. The van der Waals surface area contributed by atoms with Crippen molar-refractivity contribution in [2.75, 3.05) is 6.54 Å². The van der Waals surface area contributed by atoms with Crippen LogP contribution < -0.4 is 10.5 Å². The molecule has 17 heavy (non-hydrogen) atoms. The Hall–Kier alpha value is -2.01. The van der Waals surface area contributed by atoms with Crippen molar-refractivity contribution in [3.05, 3.63) is 42.4 Å². The van der Waals surface area contributed by atoms with Gasteiger partial charge in [-0.2, -0.15) is 5.10 Å². The average molecular weight is 230 g/mol. The minimum Gasteiger partial charge on any atom is -0.436 e. The van der Waals surface area contributed by atoms with Gasteiger partial charge in [0.15, 0.2) is 0 Å². The van der Waals surface area contributed by atoms with Gasteiger partial charge in [-0.25, -0.2) is 0 Å². The lowest BCUT2D eigenvalue weighted by atomic mass is 10.2. The predicted molar refractivity (Wildman–Crippen MR) is 63.7 cm³/mol. The molecule has 0 fully saturated rings. The monoisotopic (exact) mass is 230 g/mol. The summed E-state index contributed by atoms with van der Waals surface area (Å²) < 4.78 is 5.48. The number of hydrogen-bond donors (Lipinski definition) is 1. The minimum absolute atomic E-state index is 0.467. The topological polar surface area (TPSA) is 73.9 Å². The number of pyridine rings is 1. The number of aryl methyl sites for hydroxylation is 1. The van der Waals surface area contributed by atoms with Crippen molar-refractivity contribution in [2.24, 2.45) is 5.73 Å². The third-order valence-electron chi connectivity index (χ3n) is 2.19. The standard InChI is InChI=1S/C12H14N4O/c13-7-1-3-10-5-6-12(16-15-10)17-11-4-2-8-14-9-11/h2,4-6,8-9H,1,3,7,13H2. The van der Waals surface area contributed by atoms with Gasteiger partial charge in [-0.1, -0.05) is 0 Å². The van der Waals surface area contributed by atoms with E-state index in [2.05, 4.69) is 15.2 Å². The predicted octanol–water partition coefficient (Wildman–Crippen LogP) is 1.56. The lowest BCUT2D eigenvalue weighted by molar-refractivity contribution is 0.451. The van der Waals surface area contributed by atoms with Crippen LogP contribution >= 0.6 is 0 Å². The van der Waals surface area contributed by atoms with Crippen LogP contribution in [0, 0.1) is 0 Å². The van der Waals surface area contributed by atoms with E-state index in [1.54, 1.807) is 24.5 Å². The van der Waals surface area contributed by atoms with E-state index in [0.717, 1.165) is 18.5 Å². The van der Waals surface area contributed by atoms with Crippen LogP contribution in [0.5, 0.6) is 11.6 Å². The van der Waals surface area contributed by atoms with Gasteiger partial charge in [-0.05, 0) is 37.6 Å². The number of nitrogens with zero attached hydrogens (tertiary/aromatic N) is 3. The third kappa shape index (κ3) is 3.49. The fourth-order valence-electron chi connectivity index (χ4n) is 1.35. The molecule has 5 heteroatoms. The van der Waals surface area contributed by atoms with Gasteiger partial charge in [0.1, 0.15) is 5.75 Å². The molecule has 0 amide bonds. The molecule has 0 saturated heterocycles. The van der Waals surface area contributed by atoms with Crippen LogP contribution in [0.3, 0.4) is 0 Å². The fourth-order valence-corrected chi connectivity index (χ4v) is 1.35. The first kappa shape index (κ1) is 11.5. The second kappa shape index (κ2) is 5.91. The first-order valence-corrected chi connectivity index (χ1v) is 5.49. The van der Waals surface area contributed by atoms with Gasteiger partial charge < -0.3 is 10.5 Å². The summed E-state index contributed by atoms with van der Waals surface area (Å²) in [5.41, 5.74) is 6.35. The Morgan fingerprint density at radius 3 is 2.76 bits per heavy atom. The lowest BCUT2D eigenvalue weighted by Gasteiger charge is -2.03. The van der Waals surface area contributed by atoms with E-state index in [0.29, 0.717) is 18.2 Å². The summed E-state index contributed by atoms with van der Waals surface area (Å²) in [6.07, 6.45) is 5.08. The minimum atomic E-state index is 0.467. The summed E-state index contributed by atoms with van der Waals surface area (Å²) in [5, 5.41) is 8.05. The molecule has 2 heterocycles. The molecule has 0 aromatic carbocycles. The van der Waals surface area contributed by atoms with Crippen molar-refractivity contribution in [1.29, 1.82) is 0 Å². The maximum Gasteiger partial charge on any atom is 0.238 e. The number of rotatable bonds is 5. The fraction of sp³-hybridized carbons (Fsp3) is 0.250. The van der Waals surface area contributed by atoms with Gasteiger partial charge in [0.2, 0.25) is 5.88 Å². The molecule has 2 rings (SSSR count). The Morgan fingerprint density at radius 2 is 2.12 bits per heavy atom. The Balaban J connectivity index is 1.98. The van der Waals surface area contributed by atoms with Crippen molar-refractivity contribution in [3.8, 4) is 11.6 Å². The molecule has 2 N–H and O–H groups in total. The summed E-state index contributed by atoms with van der Waals surface area (Å²) in [4.78, 5) is 3.95. The van der Waals surface area contributed by atoms with Gasteiger partial charge in [-0.15, -0.1) is 5.10 Å². The number of ether oxygens (including phenoxy) is 1. The highest BCUT2D eigenvalue weighted by Crippen LogP contribution is 2.16.